The molecule has 0 spiro atoms. The highest BCUT2D eigenvalue weighted by Crippen LogP contribution is 2.27. The molecule has 0 fully saturated rings. The second kappa shape index (κ2) is 7.37. The van der Waals surface area contributed by atoms with Crippen molar-refractivity contribution in [3.63, 3.8) is 0 Å². The van der Waals surface area contributed by atoms with Crippen molar-refractivity contribution < 1.29 is 4.79 Å². The topological polar surface area (TPSA) is 73.1 Å². The van der Waals surface area contributed by atoms with Crippen molar-refractivity contribution in [3.8, 4) is 0 Å². The number of halogens is 1. The number of hydrogen-bond donors (Lipinski definition) is 3. The summed E-state index contributed by atoms with van der Waals surface area (Å²) in [6.45, 7) is 3.88. The lowest BCUT2D eigenvalue weighted by molar-refractivity contribution is 0.249. The van der Waals surface area contributed by atoms with Crippen molar-refractivity contribution in [3.05, 3.63) is 40.7 Å². The Hall–Kier alpha value is -2.21. The lowest BCUT2D eigenvalue weighted by Gasteiger charge is -2.16. The lowest BCUT2D eigenvalue weighted by Crippen LogP contribution is -2.37. The summed E-state index contributed by atoms with van der Waals surface area (Å²) in [5.41, 5.74) is 3.49. The fraction of sp³-hybridized carbons (Fsp3) is 0.375. The highest BCUT2D eigenvalue weighted by atomic mass is 35.5. The zero-order valence-corrected chi connectivity index (χ0v) is 14.5. The number of aromatic nitrogens is 2. The zero-order chi connectivity index (χ0) is 17.0. The van der Waals surface area contributed by atoms with Crippen LogP contribution in [0.3, 0.4) is 0 Å². The zero-order valence-electron chi connectivity index (χ0n) is 13.8. The van der Waals surface area contributed by atoms with E-state index < -0.39 is 0 Å². The van der Waals surface area contributed by atoms with Gasteiger partial charge in [-0.2, -0.15) is 5.10 Å². The lowest BCUT2D eigenvalue weighted by atomic mass is 10.2. The third-order valence-electron chi connectivity index (χ3n) is 3.34. The molecule has 23 heavy (non-hydrogen) atoms. The molecule has 2 rings (SSSR count). The number of carbonyl (C=O) groups excluding carboxylic acids is 1. The van der Waals surface area contributed by atoms with Gasteiger partial charge in [0.1, 0.15) is 0 Å². The normalized spacial score (nSPS) is 11.9. The quantitative estimate of drug-likeness (QED) is 0.785. The molecule has 0 aliphatic carbocycles. The second-order valence-electron chi connectivity index (χ2n) is 5.81. The summed E-state index contributed by atoms with van der Waals surface area (Å²) >= 11 is 6.20. The molecular weight excluding hydrogens is 314 g/mol. The van der Waals surface area contributed by atoms with E-state index in [1.165, 1.54) is 0 Å². The first-order valence-corrected chi connectivity index (χ1v) is 7.78. The summed E-state index contributed by atoms with van der Waals surface area (Å²) < 4.78 is 0. The second-order valence-corrected chi connectivity index (χ2v) is 6.21. The molecule has 2 aromatic rings. The molecule has 1 aromatic heterocycles. The monoisotopic (exact) mass is 335 g/mol. The number of anilines is 2. The van der Waals surface area contributed by atoms with Crippen LogP contribution in [0.1, 0.15) is 18.3 Å². The number of carbonyl (C=O) groups is 1. The number of rotatable bonds is 5. The number of aryl methyl sites for hydroxylation is 1. The molecular formula is C16H22ClN5O. The van der Waals surface area contributed by atoms with E-state index in [-0.39, 0.29) is 12.1 Å². The Morgan fingerprint density at radius 3 is 2.70 bits per heavy atom. The fourth-order valence-corrected chi connectivity index (χ4v) is 2.63. The minimum absolute atomic E-state index is 0.0331. The summed E-state index contributed by atoms with van der Waals surface area (Å²) in [7, 11) is 3.83. The van der Waals surface area contributed by atoms with Gasteiger partial charge in [0.2, 0.25) is 0 Å². The van der Waals surface area contributed by atoms with E-state index in [0.717, 1.165) is 17.1 Å². The Balaban J connectivity index is 1.90. The molecule has 0 saturated carbocycles. The van der Waals surface area contributed by atoms with Crippen molar-refractivity contribution in [2.24, 2.45) is 0 Å². The largest absolute Gasteiger partial charge is 0.376 e. The van der Waals surface area contributed by atoms with Crippen LogP contribution < -0.4 is 15.5 Å². The number of aromatic amines is 1. The smallest absolute Gasteiger partial charge is 0.319 e. The van der Waals surface area contributed by atoms with Gasteiger partial charge in [-0.05, 0) is 38.1 Å². The molecule has 0 saturated heterocycles. The summed E-state index contributed by atoms with van der Waals surface area (Å²) in [5, 5.41) is 13.3. The molecule has 0 aliphatic rings. The van der Waals surface area contributed by atoms with Crippen LogP contribution in [-0.4, -0.2) is 36.4 Å². The first-order valence-electron chi connectivity index (χ1n) is 7.40. The van der Waals surface area contributed by atoms with E-state index in [4.69, 9.17) is 11.6 Å². The van der Waals surface area contributed by atoms with Gasteiger partial charge in [0.05, 0.1) is 16.4 Å². The number of hydrogen-bond acceptors (Lipinski definition) is 3. The van der Waals surface area contributed by atoms with E-state index in [2.05, 4.69) is 20.8 Å². The molecule has 0 radical (unpaired) electrons. The summed E-state index contributed by atoms with van der Waals surface area (Å²) in [4.78, 5) is 14.0. The third kappa shape index (κ3) is 4.89. The molecule has 1 aromatic carbocycles. The number of nitrogens with zero attached hydrogens (tertiary/aromatic N) is 2. The predicted octanol–water partition coefficient (Wildman–Crippen LogP) is 3.19. The first-order chi connectivity index (χ1) is 10.8. The molecule has 2 amide bonds. The highest BCUT2D eigenvalue weighted by molar-refractivity contribution is 6.33. The average molecular weight is 336 g/mol. The van der Waals surface area contributed by atoms with Gasteiger partial charge in [-0.1, -0.05) is 11.6 Å². The van der Waals surface area contributed by atoms with E-state index in [9.17, 15) is 4.79 Å². The minimum atomic E-state index is -0.265. The Morgan fingerprint density at radius 1 is 1.39 bits per heavy atom. The first kappa shape index (κ1) is 17.1. The van der Waals surface area contributed by atoms with Gasteiger partial charge in [0, 0.05) is 37.9 Å². The minimum Gasteiger partial charge on any atom is -0.376 e. The maximum atomic E-state index is 12.0. The van der Waals surface area contributed by atoms with Crippen LogP contribution in [0.25, 0.3) is 0 Å². The van der Waals surface area contributed by atoms with Crippen LogP contribution in [0.4, 0.5) is 16.2 Å². The van der Waals surface area contributed by atoms with E-state index in [1.54, 1.807) is 6.07 Å². The Kier molecular flexibility index (Phi) is 5.50. The van der Waals surface area contributed by atoms with E-state index >= 15 is 0 Å². The summed E-state index contributed by atoms with van der Waals surface area (Å²) in [6, 6.07) is 7.09. The van der Waals surface area contributed by atoms with Crippen LogP contribution in [0.15, 0.2) is 24.3 Å². The summed E-state index contributed by atoms with van der Waals surface area (Å²) in [5.74, 6) is 0. The molecule has 3 N–H and O–H groups in total. The maximum Gasteiger partial charge on any atom is 0.319 e. The highest BCUT2D eigenvalue weighted by Gasteiger charge is 2.11. The molecule has 6 nitrogen and oxygen atoms in total. The number of nitrogens with one attached hydrogen (secondary N) is 3. The number of H-pyrrole nitrogens is 1. The number of urea groups is 1. The van der Waals surface area contributed by atoms with Crippen molar-refractivity contribution in [1.82, 2.24) is 15.5 Å². The molecule has 7 heteroatoms. The van der Waals surface area contributed by atoms with Gasteiger partial charge in [0.15, 0.2) is 0 Å². The predicted molar refractivity (Wildman–Crippen MR) is 94.4 cm³/mol. The molecule has 1 atom stereocenters. The van der Waals surface area contributed by atoms with Crippen LogP contribution in [0.2, 0.25) is 5.02 Å². The van der Waals surface area contributed by atoms with Crippen LogP contribution >= 0.6 is 11.6 Å². The van der Waals surface area contributed by atoms with Crippen molar-refractivity contribution >= 4 is 29.0 Å². The Bertz CT molecular complexity index is 683. The molecule has 124 valence electrons. The van der Waals surface area contributed by atoms with E-state index in [1.807, 2.05) is 51.0 Å². The fourth-order valence-electron chi connectivity index (χ4n) is 2.28. The van der Waals surface area contributed by atoms with Crippen molar-refractivity contribution in [2.75, 3.05) is 24.3 Å². The molecule has 0 bridgehead atoms. The van der Waals surface area contributed by atoms with Gasteiger partial charge < -0.3 is 15.5 Å². The Labute approximate surface area is 141 Å². The SMILES string of the molecule is Cc1cc(C[C@@H](C)NC(=O)Nc2ccc(N(C)C)c(Cl)c2)n[nH]1. The van der Waals surface area contributed by atoms with Gasteiger partial charge >= 0.3 is 6.03 Å². The molecule has 0 aliphatic heterocycles. The van der Waals surface area contributed by atoms with Gasteiger partial charge in [0.25, 0.3) is 0 Å². The van der Waals surface area contributed by atoms with Crippen LogP contribution in [0, 0.1) is 6.92 Å². The van der Waals surface area contributed by atoms with Gasteiger partial charge in [-0.15, -0.1) is 0 Å². The van der Waals surface area contributed by atoms with Crippen LogP contribution in [-0.2, 0) is 6.42 Å². The number of benzene rings is 1. The van der Waals surface area contributed by atoms with Gasteiger partial charge in [-0.3, -0.25) is 5.10 Å². The average Bonchev–Trinajstić information content (AvgIpc) is 2.83. The standard InChI is InChI=1S/C16H22ClN5O/c1-10(7-13-8-11(2)20-21-13)18-16(23)19-12-5-6-15(22(3)4)14(17)9-12/h5-6,8-10H,7H2,1-4H3,(H,20,21)(H2,18,19,23)/t10-/m1/s1. The molecule has 0 unspecified atom stereocenters. The van der Waals surface area contributed by atoms with Gasteiger partial charge in [-0.25, -0.2) is 4.79 Å². The maximum absolute atomic E-state index is 12.0. The number of amides is 2. The van der Waals surface area contributed by atoms with Crippen molar-refractivity contribution in [2.45, 2.75) is 26.3 Å². The Morgan fingerprint density at radius 2 is 2.13 bits per heavy atom. The summed E-state index contributed by atoms with van der Waals surface area (Å²) in [6.07, 6.45) is 0.665. The van der Waals surface area contributed by atoms with Crippen molar-refractivity contribution in [1.29, 1.82) is 0 Å². The third-order valence-corrected chi connectivity index (χ3v) is 3.64. The van der Waals surface area contributed by atoms with Crippen LogP contribution in [0.5, 0.6) is 0 Å². The molecule has 1 heterocycles. The van der Waals surface area contributed by atoms with E-state index in [0.29, 0.717) is 17.1 Å².